The highest BCUT2D eigenvalue weighted by Crippen LogP contribution is 2.36. The van der Waals surface area contributed by atoms with Crippen molar-refractivity contribution in [3.05, 3.63) is 51.4 Å². The van der Waals surface area contributed by atoms with E-state index in [4.69, 9.17) is 10.1 Å². The van der Waals surface area contributed by atoms with Crippen molar-refractivity contribution in [3.63, 3.8) is 0 Å². The van der Waals surface area contributed by atoms with Crippen molar-refractivity contribution in [1.82, 2.24) is 0 Å². The van der Waals surface area contributed by atoms with Crippen molar-refractivity contribution in [2.24, 2.45) is 0 Å². The van der Waals surface area contributed by atoms with Gasteiger partial charge >= 0.3 is 0 Å². The van der Waals surface area contributed by atoms with Crippen molar-refractivity contribution in [1.29, 1.82) is 5.41 Å². The number of carbonyl (C=O) groups is 1. The Kier molecular flexibility index (Phi) is 3.84. The van der Waals surface area contributed by atoms with E-state index in [2.05, 4.69) is 17.6 Å². The Morgan fingerprint density at radius 2 is 2.16 bits per heavy atom. The number of hydrogen-bond donors (Lipinski definition) is 2. The maximum Gasteiger partial charge on any atom is 0.188 e. The minimum absolute atomic E-state index is 0.0119. The van der Waals surface area contributed by atoms with Gasteiger partial charge in [-0.3, -0.25) is 10.2 Å². The number of hydrogen-bond acceptors (Lipinski definition) is 5. The second-order valence-electron chi connectivity index (χ2n) is 6.22. The quantitative estimate of drug-likeness (QED) is 0.828. The summed E-state index contributed by atoms with van der Waals surface area (Å²) in [6.45, 7) is 2.27. The number of thiophene rings is 1. The number of allylic oxidation sites excluding steroid dienone is 1. The van der Waals surface area contributed by atoms with Crippen LogP contribution in [0.2, 0.25) is 0 Å². The number of rotatable bonds is 3. The molecule has 0 spiro atoms. The minimum Gasteiger partial charge on any atom is -0.497 e. The van der Waals surface area contributed by atoms with Crippen LogP contribution in [0.4, 0.5) is 11.4 Å². The fourth-order valence-corrected chi connectivity index (χ4v) is 4.13. The molecule has 0 radical (unpaired) electrons. The summed E-state index contributed by atoms with van der Waals surface area (Å²) in [5.74, 6) is 0.996. The number of nitrogens with one attached hydrogen (secondary N) is 2. The van der Waals surface area contributed by atoms with Gasteiger partial charge in [-0.1, -0.05) is 6.92 Å². The molecule has 1 fully saturated rings. The van der Waals surface area contributed by atoms with Gasteiger partial charge in [0.05, 0.1) is 24.9 Å². The van der Waals surface area contributed by atoms with E-state index in [1.807, 2.05) is 23.6 Å². The van der Waals surface area contributed by atoms with Gasteiger partial charge in [0.1, 0.15) is 11.6 Å². The number of nitrogens with zero attached hydrogens (tertiary/aromatic N) is 1. The maximum absolute atomic E-state index is 12.6. The number of ketones is 1. The Hall–Kier alpha value is -2.60. The van der Waals surface area contributed by atoms with Gasteiger partial charge in [-0.15, -0.1) is 11.3 Å². The third kappa shape index (κ3) is 2.62. The lowest BCUT2D eigenvalue weighted by Gasteiger charge is -2.19. The summed E-state index contributed by atoms with van der Waals surface area (Å²) in [6.07, 6.45) is 1.56. The summed E-state index contributed by atoms with van der Waals surface area (Å²) in [6, 6.07) is 5.89. The molecule has 6 heteroatoms. The summed E-state index contributed by atoms with van der Waals surface area (Å²) in [7, 11) is 1.63. The van der Waals surface area contributed by atoms with E-state index in [0.29, 0.717) is 12.0 Å². The van der Waals surface area contributed by atoms with E-state index >= 15 is 0 Å². The number of ether oxygens (including phenoxy) is 1. The van der Waals surface area contributed by atoms with Gasteiger partial charge in [0, 0.05) is 29.3 Å². The standard InChI is InChI=1S/C19H19N3O2S/c1-3-11-4-13(7-14(5-11)24-2)22-8-17(23)18(19(22)20)15-6-12-9-25-10-16(12)21-15/h4-5,7,9-10,20-21H,3,6,8H2,1-2H3. The molecule has 1 aromatic carbocycles. The minimum atomic E-state index is -0.0119. The molecule has 128 valence electrons. The SMILES string of the molecule is CCc1cc(OC)cc(N2CC(=O)C(=C3Cc4cscc4N3)C2=N)c1. The number of aryl methyl sites for hydroxylation is 1. The summed E-state index contributed by atoms with van der Waals surface area (Å²) in [4.78, 5) is 14.4. The van der Waals surface area contributed by atoms with Crippen LogP contribution in [0.15, 0.2) is 40.2 Å². The van der Waals surface area contributed by atoms with Crippen LogP contribution in [0.3, 0.4) is 0 Å². The fourth-order valence-electron chi connectivity index (χ4n) is 3.34. The summed E-state index contributed by atoms with van der Waals surface area (Å²) >= 11 is 1.65. The molecule has 0 atom stereocenters. The number of amidine groups is 1. The van der Waals surface area contributed by atoms with E-state index in [9.17, 15) is 4.79 Å². The number of Topliss-reactive ketones (excluding diaryl/α,β-unsaturated/α-hetero) is 1. The van der Waals surface area contributed by atoms with Gasteiger partial charge in [-0.05, 0) is 35.1 Å². The number of carbonyl (C=O) groups excluding carboxylic acids is 1. The highest BCUT2D eigenvalue weighted by molar-refractivity contribution is 7.08. The van der Waals surface area contributed by atoms with E-state index in [1.165, 1.54) is 5.56 Å². The molecule has 25 heavy (non-hydrogen) atoms. The molecule has 2 aliphatic rings. The van der Waals surface area contributed by atoms with Crippen LogP contribution in [0, 0.1) is 5.41 Å². The van der Waals surface area contributed by atoms with E-state index < -0.39 is 0 Å². The third-order valence-electron chi connectivity index (χ3n) is 4.69. The van der Waals surface area contributed by atoms with Crippen LogP contribution in [0.25, 0.3) is 0 Å². The second kappa shape index (κ2) is 6.04. The van der Waals surface area contributed by atoms with Crippen molar-refractivity contribution in [2.45, 2.75) is 19.8 Å². The van der Waals surface area contributed by atoms with Gasteiger partial charge in [0.2, 0.25) is 0 Å². The normalized spacial score (nSPS) is 19.4. The Morgan fingerprint density at radius 3 is 2.88 bits per heavy atom. The Bertz CT molecular complexity index is 868. The Labute approximate surface area is 150 Å². The van der Waals surface area contributed by atoms with Crippen molar-refractivity contribution in [3.8, 4) is 5.75 Å². The molecule has 2 aliphatic heterocycles. The van der Waals surface area contributed by atoms with Crippen molar-refractivity contribution in [2.75, 3.05) is 23.9 Å². The molecule has 3 heterocycles. The molecule has 0 saturated carbocycles. The molecular formula is C19H19N3O2S. The third-order valence-corrected chi connectivity index (χ3v) is 5.48. The zero-order valence-corrected chi connectivity index (χ0v) is 15.0. The molecule has 0 amide bonds. The van der Waals surface area contributed by atoms with E-state index in [0.717, 1.165) is 34.8 Å². The average molecular weight is 353 g/mol. The van der Waals surface area contributed by atoms with Gasteiger partial charge in [0.25, 0.3) is 0 Å². The molecule has 5 nitrogen and oxygen atoms in total. The van der Waals surface area contributed by atoms with E-state index in [1.54, 1.807) is 23.3 Å². The molecule has 0 unspecified atom stereocenters. The zero-order chi connectivity index (χ0) is 17.6. The van der Waals surface area contributed by atoms with Gasteiger partial charge in [-0.2, -0.15) is 0 Å². The van der Waals surface area contributed by atoms with Crippen LogP contribution in [0.1, 0.15) is 18.1 Å². The first-order valence-corrected chi connectivity index (χ1v) is 9.17. The van der Waals surface area contributed by atoms with Crippen LogP contribution >= 0.6 is 11.3 Å². The first kappa shape index (κ1) is 15.9. The lowest BCUT2D eigenvalue weighted by atomic mass is 10.1. The summed E-state index contributed by atoms with van der Waals surface area (Å²) in [5.41, 5.74) is 5.55. The van der Waals surface area contributed by atoms with Crippen LogP contribution in [-0.4, -0.2) is 25.3 Å². The monoisotopic (exact) mass is 353 g/mol. The van der Waals surface area contributed by atoms with Crippen LogP contribution < -0.4 is 15.0 Å². The maximum atomic E-state index is 12.6. The number of methoxy groups -OCH3 is 1. The number of fused-ring (bicyclic) bond motifs is 1. The molecule has 4 rings (SSSR count). The predicted molar refractivity (Wildman–Crippen MR) is 101 cm³/mol. The smallest absolute Gasteiger partial charge is 0.188 e. The molecule has 2 aromatic rings. The van der Waals surface area contributed by atoms with Gasteiger partial charge in [0.15, 0.2) is 5.78 Å². The number of benzene rings is 1. The lowest BCUT2D eigenvalue weighted by Crippen LogP contribution is -2.25. The van der Waals surface area contributed by atoms with Gasteiger partial charge < -0.3 is 15.0 Å². The first-order chi connectivity index (χ1) is 12.1. The average Bonchev–Trinajstić information content (AvgIpc) is 3.27. The van der Waals surface area contributed by atoms with E-state index in [-0.39, 0.29) is 18.2 Å². The topological polar surface area (TPSA) is 65.4 Å². The van der Waals surface area contributed by atoms with Crippen molar-refractivity contribution < 1.29 is 9.53 Å². The van der Waals surface area contributed by atoms with Crippen LogP contribution in [0.5, 0.6) is 5.75 Å². The summed E-state index contributed by atoms with van der Waals surface area (Å²) < 4.78 is 5.37. The molecule has 1 aromatic heterocycles. The predicted octanol–water partition coefficient (Wildman–Crippen LogP) is 3.61. The highest BCUT2D eigenvalue weighted by Gasteiger charge is 2.36. The Morgan fingerprint density at radius 1 is 1.32 bits per heavy atom. The molecule has 2 N–H and O–H groups in total. The zero-order valence-electron chi connectivity index (χ0n) is 14.2. The second-order valence-corrected chi connectivity index (χ2v) is 6.96. The highest BCUT2D eigenvalue weighted by atomic mass is 32.1. The number of anilines is 2. The molecule has 0 aliphatic carbocycles. The molecular weight excluding hydrogens is 334 g/mol. The van der Waals surface area contributed by atoms with Gasteiger partial charge in [-0.25, -0.2) is 0 Å². The molecule has 0 bridgehead atoms. The van der Waals surface area contributed by atoms with Crippen molar-refractivity contribution >= 4 is 34.3 Å². The first-order valence-electron chi connectivity index (χ1n) is 8.23. The Balaban J connectivity index is 1.70. The summed E-state index contributed by atoms with van der Waals surface area (Å²) in [5, 5.41) is 16.0. The lowest BCUT2D eigenvalue weighted by molar-refractivity contribution is -0.113. The van der Waals surface area contributed by atoms with Crippen LogP contribution in [-0.2, 0) is 17.6 Å². The molecule has 1 saturated heterocycles. The largest absolute Gasteiger partial charge is 0.497 e. The fraction of sp³-hybridized carbons (Fsp3) is 0.263.